The van der Waals surface area contributed by atoms with Gasteiger partial charge in [-0.3, -0.25) is 9.79 Å². The Morgan fingerprint density at radius 3 is 2.60 bits per heavy atom. The molecule has 0 aliphatic heterocycles. The van der Waals surface area contributed by atoms with Crippen molar-refractivity contribution in [3.8, 4) is 5.75 Å². The quantitative estimate of drug-likeness (QED) is 0.253. The number of halogens is 1. The van der Waals surface area contributed by atoms with Crippen LogP contribution in [0.4, 0.5) is 0 Å². The lowest BCUT2D eigenvalue weighted by Crippen LogP contribution is -2.38. The molecule has 4 N–H and O–H groups in total. The highest BCUT2D eigenvalue weighted by atomic mass is 127. The summed E-state index contributed by atoms with van der Waals surface area (Å²) >= 11 is 0. The number of rotatable bonds is 7. The van der Waals surface area contributed by atoms with Crippen molar-refractivity contribution in [1.29, 1.82) is 0 Å². The molecule has 1 atom stereocenters. The molecule has 0 saturated carbocycles. The Morgan fingerprint density at radius 2 is 1.83 bits per heavy atom. The van der Waals surface area contributed by atoms with E-state index in [1.54, 1.807) is 13.1 Å². The highest BCUT2D eigenvalue weighted by Gasteiger charge is 2.11. The van der Waals surface area contributed by atoms with E-state index in [0.29, 0.717) is 18.3 Å². The SMILES string of the molecule is CN=C(NCc1cccc(OCC(N)=O)c1)NC(C)c1cccc2ccccc12.I. The lowest BCUT2D eigenvalue weighted by molar-refractivity contribution is -0.119. The molecule has 0 aliphatic rings. The first-order chi connectivity index (χ1) is 14.1. The van der Waals surface area contributed by atoms with Gasteiger partial charge in [0.2, 0.25) is 0 Å². The van der Waals surface area contributed by atoms with E-state index >= 15 is 0 Å². The van der Waals surface area contributed by atoms with Gasteiger partial charge in [-0.15, -0.1) is 24.0 Å². The Morgan fingerprint density at radius 1 is 1.10 bits per heavy atom. The number of hydrogen-bond acceptors (Lipinski definition) is 3. The predicted octanol–water partition coefficient (Wildman–Crippen LogP) is 3.75. The molecule has 0 aromatic heterocycles. The monoisotopic (exact) mass is 518 g/mol. The smallest absolute Gasteiger partial charge is 0.255 e. The zero-order chi connectivity index (χ0) is 20.6. The fourth-order valence-electron chi connectivity index (χ4n) is 3.19. The van der Waals surface area contributed by atoms with Crippen molar-refractivity contribution >= 4 is 46.6 Å². The van der Waals surface area contributed by atoms with Crippen molar-refractivity contribution in [1.82, 2.24) is 10.6 Å². The number of benzene rings is 3. The van der Waals surface area contributed by atoms with Crippen molar-refractivity contribution in [3.63, 3.8) is 0 Å². The molecule has 30 heavy (non-hydrogen) atoms. The van der Waals surface area contributed by atoms with Crippen molar-refractivity contribution in [3.05, 3.63) is 77.9 Å². The summed E-state index contributed by atoms with van der Waals surface area (Å²) in [7, 11) is 1.75. The van der Waals surface area contributed by atoms with Crippen LogP contribution in [0.25, 0.3) is 10.8 Å². The fraction of sp³-hybridized carbons (Fsp3) is 0.217. The van der Waals surface area contributed by atoms with Crippen LogP contribution in [0.5, 0.6) is 5.75 Å². The van der Waals surface area contributed by atoms with Gasteiger partial charge in [0.15, 0.2) is 12.6 Å². The molecule has 1 unspecified atom stereocenters. The maximum Gasteiger partial charge on any atom is 0.255 e. The van der Waals surface area contributed by atoms with Gasteiger partial charge in [-0.2, -0.15) is 0 Å². The predicted molar refractivity (Wildman–Crippen MR) is 132 cm³/mol. The molecule has 1 amide bonds. The van der Waals surface area contributed by atoms with E-state index in [-0.39, 0.29) is 36.6 Å². The van der Waals surface area contributed by atoms with E-state index in [0.717, 1.165) is 5.56 Å². The lowest BCUT2D eigenvalue weighted by Gasteiger charge is -2.20. The highest BCUT2D eigenvalue weighted by Crippen LogP contribution is 2.24. The second-order valence-corrected chi connectivity index (χ2v) is 6.76. The van der Waals surface area contributed by atoms with E-state index in [1.165, 1.54) is 16.3 Å². The largest absolute Gasteiger partial charge is 0.484 e. The minimum absolute atomic E-state index is 0. The van der Waals surface area contributed by atoms with Crippen molar-refractivity contribution in [2.75, 3.05) is 13.7 Å². The molecule has 0 aliphatic carbocycles. The Labute approximate surface area is 193 Å². The molecule has 0 heterocycles. The minimum atomic E-state index is -0.499. The van der Waals surface area contributed by atoms with E-state index < -0.39 is 5.91 Å². The topological polar surface area (TPSA) is 88.7 Å². The van der Waals surface area contributed by atoms with Gasteiger partial charge in [0, 0.05) is 13.6 Å². The average Bonchev–Trinajstić information content (AvgIpc) is 2.75. The van der Waals surface area contributed by atoms with Crippen LogP contribution in [0, 0.1) is 0 Å². The normalized spacial score (nSPS) is 12.0. The maximum absolute atomic E-state index is 10.9. The van der Waals surface area contributed by atoms with Crippen LogP contribution in [0.1, 0.15) is 24.1 Å². The van der Waals surface area contributed by atoms with Crippen molar-refractivity contribution in [2.24, 2.45) is 10.7 Å². The maximum atomic E-state index is 10.9. The third-order valence-corrected chi connectivity index (χ3v) is 4.61. The summed E-state index contributed by atoms with van der Waals surface area (Å²) in [6.07, 6.45) is 0. The van der Waals surface area contributed by atoms with Gasteiger partial charge < -0.3 is 21.1 Å². The average molecular weight is 518 g/mol. The third-order valence-electron chi connectivity index (χ3n) is 4.61. The van der Waals surface area contributed by atoms with Crippen molar-refractivity contribution < 1.29 is 9.53 Å². The number of nitrogens with one attached hydrogen (secondary N) is 2. The summed E-state index contributed by atoms with van der Waals surface area (Å²) in [6.45, 7) is 2.55. The molecule has 3 aromatic carbocycles. The Bertz CT molecular complexity index is 1020. The molecule has 0 saturated heterocycles. The van der Waals surface area contributed by atoms with Crippen LogP contribution in [0.15, 0.2) is 71.7 Å². The summed E-state index contributed by atoms with van der Waals surface area (Å²) in [4.78, 5) is 15.2. The minimum Gasteiger partial charge on any atom is -0.484 e. The summed E-state index contributed by atoms with van der Waals surface area (Å²) in [5.41, 5.74) is 7.35. The van der Waals surface area contributed by atoms with Gasteiger partial charge in [0.1, 0.15) is 5.75 Å². The molecule has 0 bridgehead atoms. The summed E-state index contributed by atoms with van der Waals surface area (Å²) in [5.74, 6) is 0.810. The third kappa shape index (κ3) is 6.35. The van der Waals surface area contributed by atoms with E-state index in [9.17, 15) is 4.79 Å². The van der Waals surface area contributed by atoms with Gasteiger partial charge in [0.25, 0.3) is 5.91 Å². The zero-order valence-electron chi connectivity index (χ0n) is 17.1. The number of fused-ring (bicyclic) bond motifs is 1. The number of carbonyl (C=O) groups excluding carboxylic acids is 1. The summed E-state index contributed by atoms with van der Waals surface area (Å²) in [5, 5.41) is 9.21. The highest BCUT2D eigenvalue weighted by molar-refractivity contribution is 14.0. The first kappa shape index (κ1) is 23.5. The van der Waals surface area contributed by atoms with E-state index in [2.05, 4.69) is 58.9 Å². The van der Waals surface area contributed by atoms with Gasteiger partial charge in [-0.1, -0.05) is 54.6 Å². The van der Waals surface area contributed by atoms with E-state index in [4.69, 9.17) is 10.5 Å². The number of primary amides is 1. The molecule has 158 valence electrons. The summed E-state index contributed by atoms with van der Waals surface area (Å²) < 4.78 is 5.36. The number of ether oxygens (including phenoxy) is 1. The molecular weight excluding hydrogens is 491 g/mol. The second kappa shape index (κ2) is 11.4. The summed E-state index contributed by atoms with van der Waals surface area (Å²) in [6, 6.07) is 22.3. The second-order valence-electron chi connectivity index (χ2n) is 6.76. The van der Waals surface area contributed by atoms with Crippen LogP contribution in [0.2, 0.25) is 0 Å². The van der Waals surface area contributed by atoms with Gasteiger partial charge in [-0.05, 0) is 41.0 Å². The number of nitrogens with zero attached hydrogens (tertiary/aromatic N) is 1. The van der Waals surface area contributed by atoms with E-state index in [1.807, 2.05) is 24.3 Å². The number of hydrogen-bond donors (Lipinski definition) is 3. The standard InChI is InChI=1S/C23H26N4O2.HI/c1-16(20-12-6-9-18-8-3-4-11-21(18)20)27-23(25-2)26-14-17-7-5-10-19(13-17)29-15-22(24)28;/h3-13,16H,14-15H2,1-2H3,(H2,24,28)(H2,25,26,27);1H. The van der Waals surface area contributed by atoms with Crippen LogP contribution in [0.3, 0.4) is 0 Å². The number of amides is 1. The molecule has 6 nitrogen and oxygen atoms in total. The Balaban J connectivity index is 0.00000320. The molecule has 0 fully saturated rings. The van der Waals surface area contributed by atoms with Crippen LogP contribution in [-0.2, 0) is 11.3 Å². The fourth-order valence-corrected chi connectivity index (χ4v) is 3.19. The Kier molecular flexibility index (Phi) is 8.91. The lowest BCUT2D eigenvalue weighted by atomic mass is 10.00. The number of carbonyl (C=O) groups is 1. The molecule has 3 rings (SSSR count). The van der Waals surface area contributed by atoms with Crippen LogP contribution < -0.4 is 21.1 Å². The molecule has 3 aromatic rings. The van der Waals surface area contributed by atoms with Gasteiger partial charge >= 0.3 is 0 Å². The van der Waals surface area contributed by atoms with Crippen molar-refractivity contribution in [2.45, 2.75) is 19.5 Å². The molecule has 0 radical (unpaired) electrons. The first-order valence-corrected chi connectivity index (χ1v) is 9.51. The zero-order valence-corrected chi connectivity index (χ0v) is 19.4. The van der Waals surface area contributed by atoms with Gasteiger partial charge in [-0.25, -0.2) is 0 Å². The van der Waals surface area contributed by atoms with Crippen LogP contribution >= 0.6 is 24.0 Å². The first-order valence-electron chi connectivity index (χ1n) is 9.51. The molecular formula is C23H27IN4O2. The van der Waals surface area contributed by atoms with Crippen LogP contribution in [-0.4, -0.2) is 25.5 Å². The number of aliphatic imine (C=N–C) groups is 1. The molecule has 0 spiro atoms. The Hall–Kier alpha value is -2.81. The number of nitrogens with two attached hydrogens (primary N) is 1. The number of guanidine groups is 1. The van der Waals surface area contributed by atoms with Gasteiger partial charge in [0.05, 0.1) is 6.04 Å². The molecule has 7 heteroatoms.